The van der Waals surface area contributed by atoms with Gasteiger partial charge in [-0.25, -0.2) is 8.42 Å². The number of carbonyl (C=O) groups excluding carboxylic acids is 1. The fourth-order valence-electron chi connectivity index (χ4n) is 5.02. The Morgan fingerprint density at radius 3 is 2.37 bits per heavy atom. The van der Waals surface area contributed by atoms with E-state index >= 15 is 0 Å². The lowest BCUT2D eigenvalue weighted by Gasteiger charge is -2.25. The number of benzene rings is 2. The van der Waals surface area contributed by atoms with E-state index in [2.05, 4.69) is 22.3 Å². The highest BCUT2D eigenvalue weighted by molar-refractivity contribution is 7.92. The van der Waals surface area contributed by atoms with Crippen LogP contribution in [0.2, 0.25) is 0 Å². The van der Waals surface area contributed by atoms with Crippen LogP contribution in [0.4, 0.5) is 11.4 Å². The molecule has 0 aromatic heterocycles. The van der Waals surface area contributed by atoms with Crippen LogP contribution in [0.1, 0.15) is 77.2 Å². The lowest BCUT2D eigenvalue weighted by molar-refractivity contribution is -0.142. The first-order chi connectivity index (χ1) is 18.2. The summed E-state index contributed by atoms with van der Waals surface area (Å²) < 4.78 is 28.9. The summed E-state index contributed by atoms with van der Waals surface area (Å²) in [5.41, 5.74) is 1.86. The van der Waals surface area contributed by atoms with Crippen LogP contribution >= 0.6 is 0 Å². The van der Waals surface area contributed by atoms with Gasteiger partial charge in [0.05, 0.1) is 16.5 Å². The van der Waals surface area contributed by atoms with E-state index < -0.39 is 21.9 Å². The van der Waals surface area contributed by atoms with E-state index in [1.165, 1.54) is 56.4 Å². The number of rotatable bonds is 14. The largest absolute Gasteiger partial charge is 0.481 e. The fourth-order valence-corrected chi connectivity index (χ4v) is 6.12. The maximum Gasteiger partial charge on any atom is 0.306 e. The minimum atomic E-state index is -3.83. The maximum absolute atomic E-state index is 13.1. The summed E-state index contributed by atoms with van der Waals surface area (Å²) in [6.07, 6.45) is 8.51. The number of para-hydroxylation sites is 1. The number of nitrogens with one attached hydrogen (secondary N) is 3. The molecule has 0 spiro atoms. The van der Waals surface area contributed by atoms with Gasteiger partial charge in [0.2, 0.25) is 5.91 Å². The third-order valence-corrected chi connectivity index (χ3v) is 8.71. The van der Waals surface area contributed by atoms with Crippen LogP contribution in [0, 0.1) is 11.8 Å². The molecule has 1 saturated carbocycles. The molecule has 2 atom stereocenters. The number of carboxylic acid groups (broad SMARTS) is 1. The van der Waals surface area contributed by atoms with Gasteiger partial charge in [-0.2, -0.15) is 0 Å². The number of amides is 1. The molecule has 0 saturated heterocycles. The van der Waals surface area contributed by atoms with Crippen molar-refractivity contribution in [3.63, 3.8) is 0 Å². The van der Waals surface area contributed by atoms with Crippen molar-refractivity contribution >= 4 is 33.3 Å². The Hall–Kier alpha value is -2.91. The Morgan fingerprint density at radius 1 is 1.03 bits per heavy atom. The van der Waals surface area contributed by atoms with Crippen LogP contribution in [-0.4, -0.2) is 31.4 Å². The second-order valence-corrected chi connectivity index (χ2v) is 12.0. The Balaban J connectivity index is 1.56. The lowest BCUT2D eigenvalue weighted by Crippen LogP contribution is -2.29. The molecule has 1 aliphatic carbocycles. The molecule has 0 bridgehead atoms. The molecule has 3 rings (SSSR count). The summed E-state index contributed by atoms with van der Waals surface area (Å²) in [5, 5.41) is 15.4. The van der Waals surface area contributed by atoms with Gasteiger partial charge in [-0.3, -0.25) is 14.3 Å². The minimum Gasteiger partial charge on any atom is -0.481 e. The van der Waals surface area contributed by atoms with Crippen molar-refractivity contribution in [1.82, 2.24) is 5.32 Å². The number of carbonyl (C=O) groups is 2. The van der Waals surface area contributed by atoms with Crippen molar-refractivity contribution in [3.05, 3.63) is 54.1 Å². The zero-order chi connectivity index (χ0) is 27.5. The molecule has 38 heavy (non-hydrogen) atoms. The monoisotopic (exact) mass is 543 g/mol. The number of anilines is 2. The van der Waals surface area contributed by atoms with E-state index in [-0.39, 0.29) is 23.6 Å². The number of carboxylic acids is 1. The van der Waals surface area contributed by atoms with Crippen molar-refractivity contribution in [2.75, 3.05) is 10.0 Å². The summed E-state index contributed by atoms with van der Waals surface area (Å²) >= 11 is 0. The van der Waals surface area contributed by atoms with Gasteiger partial charge < -0.3 is 15.7 Å². The van der Waals surface area contributed by atoms with Gasteiger partial charge in [-0.15, -0.1) is 0 Å². The molecule has 1 amide bonds. The second kappa shape index (κ2) is 14.3. The minimum absolute atomic E-state index is 0.0799. The van der Waals surface area contributed by atoms with Gasteiger partial charge in [0.1, 0.15) is 0 Å². The summed E-state index contributed by atoms with van der Waals surface area (Å²) in [6.45, 7) is 4.53. The molecular formula is C29H41N3O5S. The molecule has 0 heterocycles. The molecule has 9 heteroatoms. The number of hydrogen-bond acceptors (Lipinski definition) is 5. The molecule has 208 valence electrons. The first-order valence-corrected chi connectivity index (χ1v) is 15.1. The first kappa shape index (κ1) is 29.6. The standard InChI is InChI=1S/C29H41N3O5S/c1-3-23(29(34)35)13-18-28(33)31-25-14-16-26(17-15-25)38(36,37)32-27-12-8-7-11-24(27)20-30-21(2)19-22-9-5-4-6-10-22/h7-8,11-12,14-17,21-23,30,32H,3-6,9-10,13,18-20H2,1-2H3,(H,31,33)(H,34,35)/t21-,23?/m0/s1. The Bertz CT molecular complexity index is 1160. The summed E-state index contributed by atoms with van der Waals surface area (Å²) in [6, 6.07) is 13.7. The normalized spacial score (nSPS) is 15.9. The van der Waals surface area contributed by atoms with Gasteiger partial charge in [0.25, 0.3) is 10.0 Å². The molecule has 0 aliphatic heterocycles. The Morgan fingerprint density at radius 2 is 1.71 bits per heavy atom. The third-order valence-electron chi connectivity index (χ3n) is 7.32. The molecule has 0 radical (unpaired) electrons. The van der Waals surface area contributed by atoms with E-state index in [1.807, 2.05) is 12.1 Å². The van der Waals surface area contributed by atoms with Gasteiger partial charge in [0.15, 0.2) is 0 Å². The number of sulfonamides is 1. The molecular weight excluding hydrogens is 502 g/mol. The van der Waals surface area contributed by atoms with E-state index in [4.69, 9.17) is 5.11 Å². The summed E-state index contributed by atoms with van der Waals surface area (Å²) in [4.78, 5) is 23.4. The van der Waals surface area contributed by atoms with Gasteiger partial charge in [0, 0.05) is 24.7 Å². The highest BCUT2D eigenvalue weighted by Crippen LogP contribution is 2.28. The molecule has 1 fully saturated rings. The molecule has 2 aromatic carbocycles. The van der Waals surface area contributed by atoms with Crippen molar-refractivity contribution in [1.29, 1.82) is 0 Å². The van der Waals surface area contributed by atoms with Gasteiger partial charge in [-0.1, -0.05) is 57.2 Å². The average molecular weight is 544 g/mol. The lowest BCUT2D eigenvalue weighted by atomic mass is 9.85. The van der Waals surface area contributed by atoms with Crippen molar-refractivity contribution in [2.45, 2.75) is 89.1 Å². The van der Waals surface area contributed by atoms with E-state index in [1.54, 1.807) is 19.1 Å². The smallest absolute Gasteiger partial charge is 0.306 e. The SMILES string of the molecule is CCC(CCC(=O)Nc1ccc(S(=O)(=O)Nc2ccccc2CN[C@@H](C)CC2CCCCC2)cc1)C(=O)O. The molecule has 8 nitrogen and oxygen atoms in total. The van der Waals surface area contributed by atoms with Crippen LogP contribution in [0.3, 0.4) is 0 Å². The zero-order valence-corrected chi connectivity index (χ0v) is 23.2. The van der Waals surface area contributed by atoms with E-state index in [0.717, 1.165) is 17.9 Å². The third kappa shape index (κ3) is 9.13. The van der Waals surface area contributed by atoms with Crippen molar-refractivity contribution in [3.8, 4) is 0 Å². The molecule has 1 unspecified atom stereocenters. The average Bonchev–Trinajstić information content (AvgIpc) is 2.89. The van der Waals surface area contributed by atoms with Gasteiger partial charge >= 0.3 is 5.97 Å². The Kier molecular flexibility index (Phi) is 11.2. The Labute approximate surface area is 226 Å². The number of aliphatic carboxylic acids is 1. The van der Waals surface area contributed by atoms with Crippen LogP contribution in [0.15, 0.2) is 53.4 Å². The predicted molar refractivity (Wildman–Crippen MR) is 150 cm³/mol. The highest BCUT2D eigenvalue weighted by Gasteiger charge is 2.19. The van der Waals surface area contributed by atoms with Crippen LogP contribution in [-0.2, 0) is 26.2 Å². The number of hydrogen-bond donors (Lipinski definition) is 4. The van der Waals surface area contributed by atoms with Crippen LogP contribution in [0.5, 0.6) is 0 Å². The zero-order valence-electron chi connectivity index (χ0n) is 22.4. The van der Waals surface area contributed by atoms with Crippen molar-refractivity contribution in [2.24, 2.45) is 11.8 Å². The van der Waals surface area contributed by atoms with Crippen molar-refractivity contribution < 1.29 is 23.1 Å². The predicted octanol–water partition coefficient (Wildman–Crippen LogP) is 5.77. The molecule has 1 aliphatic rings. The molecule has 4 N–H and O–H groups in total. The maximum atomic E-state index is 13.1. The summed E-state index contributed by atoms with van der Waals surface area (Å²) in [5.74, 6) is -1.01. The second-order valence-electron chi connectivity index (χ2n) is 10.3. The van der Waals surface area contributed by atoms with Crippen LogP contribution in [0.25, 0.3) is 0 Å². The van der Waals surface area contributed by atoms with E-state index in [9.17, 15) is 18.0 Å². The first-order valence-electron chi connectivity index (χ1n) is 13.6. The quantitative estimate of drug-likeness (QED) is 0.240. The fraction of sp³-hybridized carbons (Fsp3) is 0.517. The van der Waals surface area contributed by atoms with Crippen LogP contribution < -0.4 is 15.4 Å². The van der Waals surface area contributed by atoms with E-state index in [0.29, 0.717) is 30.4 Å². The van der Waals surface area contributed by atoms with Gasteiger partial charge in [-0.05, 0) is 68.0 Å². The molecule has 2 aromatic rings. The summed E-state index contributed by atoms with van der Waals surface area (Å²) in [7, 11) is -3.83. The highest BCUT2D eigenvalue weighted by atomic mass is 32.2. The topological polar surface area (TPSA) is 125 Å².